The minimum absolute atomic E-state index is 0.392. The van der Waals surface area contributed by atoms with Gasteiger partial charge in [0.2, 0.25) is 0 Å². The summed E-state index contributed by atoms with van der Waals surface area (Å²) >= 11 is 0. The summed E-state index contributed by atoms with van der Waals surface area (Å²) in [6.45, 7) is 3.27. The zero-order chi connectivity index (χ0) is 16.1. The van der Waals surface area contributed by atoms with Crippen LogP contribution in [0.1, 0.15) is 22.8 Å². The van der Waals surface area contributed by atoms with Gasteiger partial charge in [-0.15, -0.1) is 0 Å². The number of carbonyl (C=O) groups is 2. The second kappa shape index (κ2) is 6.85. The Morgan fingerprint density at radius 3 is 2.36 bits per heavy atom. The monoisotopic (exact) mass is 301 g/mol. The summed E-state index contributed by atoms with van der Waals surface area (Å²) in [5.74, 6) is -1.43. The van der Waals surface area contributed by atoms with Crippen molar-refractivity contribution >= 4 is 17.6 Å². The van der Waals surface area contributed by atoms with Crippen LogP contribution in [-0.4, -0.2) is 18.0 Å². The predicted molar refractivity (Wildman–Crippen MR) is 81.1 cm³/mol. The molecule has 0 saturated heterocycles. The SMILES string of the molecule is Cc1ccccc1C(=O)O[C@@H](C)C(=O)Nc1ccc(F)cc1. The van der Waals surface area contributed by atoms with E-state index < -0.39 is 23.8 Å². The van der Waals surface area contributed by atoms with Crippen LogP contribution in [0.3, 0.4) is 0 Å². The summed E-state index contributed by atoms with van der Waals surface area (Å²) in [5.41, 5.74) is 1.63. The van der Waals surface area contributed by atoms with Crippen molar-refractivity contribution in [3.05, 3.63) is 65.5 Å². The Labute approximate surface area is 127 Å². The average Bonchev–Trinajstić information content (AvgIpc) is 2.49. The lowest BCUT2D eigenvalue weighted by Crippen LogP contribution is -2.30. The summed E-state index contributed by atoms with van der Waals surface area (Å²) in [6.07, 6.45) is -0.961. The Morgan fingerprint density at radius 2 is 1.73 bits per heavy atom. The molecule has 0 radical (unpaired) electrons. The number of ether oxygens (including phenoxy) is 1. The van der Waals surface area contributed by atoms with Gasteiger partial charge in [0.05, 0.1) is 5.56 Å². The first-order valence-electron chi connectivity index (χ1n) is 6.80. The third kappa shape index (κ3) is 3.91. The predicted octanol–water partition coefficient (Wildman–Crippen LogP) is 3.32. The molecule has 0 bridgehead atoms. The van der Waals surface area contributed by atoms with Crippen molar-refractivity contribution in [2.24, 2.45) is 0 Å². The molecule has 0 aliphatic carbocycles. The van der Waals surface area contributed by atoms with Gasteiger partial charge in [-0.2, -0.15) is 0 Å². The standard InChI is InChI=1S/C17H16FNO3/c1-11-5-3-4-6-15(11)17(21)22-12(2)16(20)19-14-9-7-13(18)8-10-14/h3-10,12H,1-2H3,(H,19,20)/t12-/m0/s1. The van der Waals surface area contributed by atoms with Crippen LogP contribution in [0.5, 0.6) is 0 Å². The molecule has 0 fully saturated rings. The van der Waals surface area contributed by atoms with Crippen molar-refractivity contribution < 1.29 is 18.7 Å². The zero-order valence-electron chi connectivity index (χ0n) is 12.3. The summed E-state index contributed by atoms with van der Waals surface area (Å²) in [6, 6.07) is 12.3. The molecule has 114 valence electrons. The van der Waals surface area contributed by atoms with E-state index in [9.17, 15) is 14.0 Å². The van der Waals surface area contributed by atoms with Crippen molar-refractivity contribution in [2.75, 3.05) is 5.32 Å². The van der Waals surface area contributed by atoms with Gasteiger partial charge in [0.15, 0.2) is 6.10 Å². The van der Waals surface area contributed by atoms with Crippen LogP contribution in [0.4, 0.5) is 10.1 Å². The maximum atomic E-state index is 12.8. The lowest BCUT2D eigenvalue weighted by molar-refractivity contribution is -0.123. The first-order chi connectivity index (χ1) is 10.5. The minimum atomic E-state index is -0.961. The number of amides is 1. The van der Waals surface area contributed by atoms with Gasteiger partial charge in [-0.1, -0.05) is 18.2 Å². The molecule has 0 spiro atoms. The molecule has 4 nitrogen and oxygen atoms in total. The lowest BCUT2D eigenvalue weighted by atomic mass is 10.1. The topological polar surface area (TPSA) is 55.4 Å². The molecule has 2 aromatic carbocycles. The zero-order valence-corrected chi connectivity index (χ0v) is 12.3. The van der Waals surface area contributed by atoms with E-state index in [-0.39, 0.29) is 0 Å². The fourth-order valence-corrected chi connectivity index (χ4v) is 1.86. The molecule has 1 N–H and O–H groups in total. The second-order valence-corrected chi connectivity index (χ2v) is 4.86. The number of hydrogen-bond donors (Lipinski definition) is 1. The Balaban J connectivity index is 1.98. The van der Waals surface area contributed by atoms with E-state index >= 15 is 0 Å². The Bertz CT molecular complexity index is 683. The highest BCUT2D eigenvalue weighted by atomic mass is 19.1. The van der Waals surface area contributed by atoms with E-state index in [1.807, 2.05) is 6.07 Å². The van der Waals surface area contributed by atoms with Gasteiger partial charge in [0.25, 0.3) is 5.91 Å². The maximum absolute atomic E-state index is 12.8. The van der Waals surface area contributed by atoms with Crippen molar-refractivity contribution in [1.82, 2.24) is 0 Å². The number of hydrogen-bond acceptors (Lipinski definition) is 3. The number of aryl methyl sites for hydroxylation is 1. The smallest absolute Gasteiger partial charge is 0.339 e. The molecule has 22 heavy (non-hydrogen) atoms. The van der Waals surface area contributed by atoms with Gasteiger partial charge in [-0.25, -0.2) is 9.18 Å². The molecular formula is C17H16FNO3. The second-order valence-electron chi connectivity index (χ2n) is 4.86. The van der Waals surface area contributed by atoms with E-state index in [1.54, 1.807) is 25.1 Å². The number of benzene rings is 2. The molecule has 2 aromatic rings. The normalized spacial score (nSPS) is 11.6. The van der Waals surface area contributed by atoms with Crippen LogP contribution in [-0.2, 0) is 9.53 Å². The largest absolute Gasteiger partial charge is 0.449 e. The molecule has 0 aliphatic rings. The molecule has 5 heteroatoms. The van der Waals surface area contributed by atoms with Gasteiger partial charge in [-0.3, -0.25) is 4.79 Å². The lowest BCUT2D eigenvalue weighted by Gasteiger charge is -2.14. The van der Waals surface area contributed by atoms with Crippen molar-refractivity contribution in [3.8, 4) is 0 Å². The molecule has 0 saturated carbocycles. The van der Waals surface area contributed by atoms with Crippen molar-refractivity contribution in [1.29, 1.82) is 0 Å². The minimum Gasteiger partial charge on any atom is -0.449 e. The van der Waals surface area contributed by atoms with Gasteiger partial charge in [-0.05, 0) is 49.7 Å². The number of esters is 1. The van der Waals surface area contributed by atoms with Gasteiger partial charge in [0.1, 0.15) is 5.82 Å². The summed E-state index contributed by atoms with van der Waals surface area (Å²) in [4.78, 5) is 24.0. The van der Waals surface area contributed by atoms with Crippen LogP contribution >= 0.6 is 0 Å². The van der Waals surface area contributed by atoms with E-state index in [0.717, 1.165) is 5.56 Å². The summed E-state index contributed by atoms with van der Waals surface area (Å²) < 4.78 is 17.9. The highest BCUT2D eigenvalue weighted by molar-refractivity contribution is 5.97. The third-order valence-electron chi connectivity index (χ3n) is 3.13. The highest BCUT2D eigenvalue weighted by Gasteiger charge is 2.19. The number of nitrogens with one attached hydrogen (secondary N) is 1. The molecule has 2 rings (SSSR count). The third-order valence-corrected chi connectivity index (χ3v) is 3.13. The summed E-state index contributed by atoms with van der Waals surface area (Å²) in [7, 11) is 0. The van der Waals surface area contributed by atoms with Crippen molar-refractivity contribution in [3.63, 3.8) is 0 Å². The fraction of sp³-hybridized carbons (Fsp3) is 0.176. The first kappa shape index (κ1) is 15.7. The maximum Gasteiger partial charge on any atom is 0.339 e. The Hall–Kier alpha value is -2.69. The van der Waals surface area contributed by atoms with E-state index in [0.29, 0.717) is 11.3 Å². The molecule has 0 heterocycles. The van der Waals surface area contributed by atoms with Gasteiger partial charge in [0, 0.05) is 5.69 Å². The number of carbonyl (C=O) groups excluding carboxylic acids is 2. The highest BCUT2D eigenvalue weighted by Crippen LogP contribution is 2.12. The molecular weight excluding hydrogens is 285 g/mol. The molecule has 1 atom stereocenters. The van der Waals surface area contributed by atoms with E-state index in [1.165, 1.54) is 31.2 Å². The van der Waals surface area contributed by atoms with Crippen molar-refractivity contribution in [2.45, 2.75) is 20.0 Å². The van der Waals surface area contributed by atoms with E-state index in [4.69, 9.17) is 4.74 Å². The van der Waals surface area contributed by atoms with Crippen LogP contribution in [0.2, 0.25) is 0 Å². The first-order valence-corrected chi connectivity index (χ1v) is 6.80. The average molecular weight is 301 g/mol. The van der Waals surface area contributed by atoms with E-state index in [2.05, 4.69) is 5.32 Å². The van der Waals surface area contributed by atoms with Crippen LogP contribution < -0.4 is 5.32 Å². The molecule has 0 unspecified atom stereocenters. The Morgan fingerprint density at radius 1 is 1.09 bits per heavy atom. The summed E-state index contributed by atoms with van der Waals surface area (Å²) in [5, 5.41) is 2.56. The Kier molecular flexibility index (Phi) is 4.88. The quantitative estimate of drug-likeness (QED) is 0.881. The molecule has 0 aliphatic heterocycles. The number of halogens is 1. The van der Waals surface area contributed by atoms with Gasteiger partial charge >= 0.3 is 5.97 Å². The fourth-order valence-electron chi connectivity index (χ4n) is 1.86. The van der Waals surface area contributed by atoms with Crippen LogP contribution in [0.25, 0.3) is 0 Å². The van der Waals surface area contributed by atoms with Gasteiger partial charge < -0.3 is 10.1 Å². The number of anilines is 1. The van der Waals surface area contributed by atoms with Crippen LogP contribution in [0.15, 0.2) is 48.5 Å². The molecule has 1 amide bonds. The molecule has 0 aromatic heterocycles. The van der Waals surface area contributed by atoms with Crippen LogP contribution in [0, 0.1) is 12.7 Å². The number of rotatable bonds is 4.